The van der Waals surface area contributed by atoms with Crippen LogP contribution in [0, 0.1) is 0 Å². The van der Waals surface area contributed by atoms with Gasteiger partial charge in [0.1, 0.15) is 0 Å². The van der Waals surface area contributed by atoms with Crippen molar-refractivity contribution >= 4 is 45.5 Å². The molecule has 1 aliphatic carbocycles. The molecule has 1 aromatic carbocycles. The van der Waals surface area contributed by atoms with Gasteiger partial charge in [-0.05, 0) is 49.3 Å². The summed E-state index contributed by atoms with van der Waals surface area (Å²) in [4.78, 5) is 4.32. The van der Waals surface area contributed by atoms with Gasteiger partial charge in [-0.2, -0.15) is 0 Å². The zero-order valence-corrected chi connectivity index (χ0v) is 13.8. The van der Waals surface area contributed by atoms with Gasteiger partial charge in [0.2, 0.25) is 0 Å². The van der Waals surface area contributed by atoms with Gasteiger partial charge in [0.15, 0.2) is 5.11 Å². The maximum Gasteiger partial charge on any atom is 0.185 e. The lowest BCUT2D eigenvalue weighted by molar-refractivity contribution is 0.412. The molecule has 22 heavy (non-hydrogen) atoms. The molecule has 3 N–H and O–H groups in total. The summed E-state index contributed by atoms with van der Waals surface area (Å²) in [7, 11) is 0. The van der Waals surface area contributed by atoms with Gasteiger partial charge in [0, 0.05) is 22.6 Å². The molecule has 1 fully saturated rings. The lowest BCUT2D eigenvalue weighted by atomic mass is 9.96. The van der Waals surface area contributed by atoms with Crippen LogP contribution in [-0.2, 0) is 0 Å². The fourth-order valence-electron chi connectivity index (χ4n) is 2.82. The highest BCUT2D eigenvalue weighted by molar-refractivity contribution is 7.80. The van der Waals surface area contributed by atoms with Crippen molar-refractivity contribution in [3.8, 4) is 0 Å². The van der Waals surface area contributed by atoms with E-state index < -0.39 is 0 Å². The van der Waals surface area contributed by atoms with Gasteiger partial charge in [-0.1, -0.05) is 30.9 Å². The average molecular weight is 335 g/mol. The van der Waals surface area contributed by atoms with E-state index in [1.807, 2.05) is 24.3 Å². The van der Waals surface area contributed by atoms with Gasteiger partial charge in [-0.25, -0.2) is 0 Å². The Morgan fingerprint density at radius 1 is 1.18 bits per heavy atom. The van der Waals surface area contributed by atoms with Gasteiger partial charge in [0.25, 0.3) is 0 Å². The topological polar surface area (TPSA) is 49.0 Å². The van der Waals surface area contributed by atoms with Gasteiger partial charge < -0.3 is 5.32 Å². The highest BCUT2D eigenvalue weighted by Gasteiger charge is 2.13. The molecule has 1 heterocycles. The van der Waals surface area contributed by atoms with Crippen LogP contribution in [0.5, 0.6) is 0 Å². The first-order chi connectivity index (χ1) is 10.7. The first kappa shape index (κ1) is 15.3. The molecule has 0 radical (unpaired) electrons. The largest absolute Gasteiger partial charge is 0.359 e. The van der Waals surface area contributed by atoms with Crippen LogP contribution in [0.15, 0.2) is 30.5 Å². The molecule has 1 saturated carbocycles. The quantitative estimate of drug-likeness (QED) is 0.585. The standard InChI is InChI=1S/C16H19ClN4S/c17-11-6-7-13-14(8-9-18-15(13)10-11)20-21-16(22)19-12-4-2-1-3-5-12/h6-10,12H,1-5H2,(H,18,20)(H2,19,21,22). The summed E-state index contributed by atoms with van der Waals surface area (Å²) in [5, 5.41) is 5.68. The molecule has 1 aliphatic rings. The minimum Gasteiger partial charge on any atom is -0.359 e. The van der Waals surface area contributed by atoms with E-state index in [0.717, 1.165) is 16.6 Å². The van der Waals surface area contributed by atoms with Crippen LogP contribution >= 0.6 is 23.8 Å². The number of pyridine rings is 1. The molecule has 0 bridgehead atoms. The van der Waals surface area contributed by atoms with Crippen LogP contribution in [0.2, 0.25) is 5.02 Å². The Balaban J connectivity index is 1.62. The summed E-state index contributed by atoms with van der Waals surface area (Å²) >= 11 is 11.4. The van der Waals surface area contributed by atoms with E-state index in [1.54, 1.807) is 6.20 Å². The first-order valence-corrected chi connectivity index (χ1v) is 8.38. The van der Waals surface area contributed by atoms with Crippen molar-refractivity contribution < 1.29 is 0 Å². The van der Waals surface area contributed by atoms with Crippen molar-refractivity contribution in [2.24, 2.45) is 0 Å². The highest BCUT2D eigenvalue weighted by Crippen LogP contribution is 2.23. The van der Waals surface area contributed by atoms with Crippen LogP contribution in [0.3, 0.4) is 0 Å². The Labute approximate surface area is 140 Å². The van der Waals surface area contributed by atoms with Crippen LogP contribution in [-0.4, -0.2) is 16.1 Å². The van der Waals surface area contributed by atoms with Crippen LogP contribution in [0.25, 0.3) is 10.9 Å². The van der Waals surface area contributed by atoms with Gasteiger partial charge in [-0.3, -0.25) is 15.8 Å². The number of hydrogen-bond acceptors (Lipinski definition) is 3. The zero-order chi connectivity index (χ0) is 15.4. The number of halogens is 1. The van der Waals surface area contributed by atoms with Crippen molar-refractivity contribution in [3.05, 3.63) is 35.5 Å². The number of rotatable bonds is 3. The van der Waals surface area contributed by atoms with E-state index in [-0.39, 0.29) is 0 Å². The Kier molecular flexibility index (Phi) is 4.95. The van der Waals surface area contributed by atoms with E-state index in [0.29, 0.717) is 16.2 Å². The Morgan fingerprint density at radius 3 is 2.82 bits per heavy atom. The first-order valence-electron chi connectivity index (χ1n) is 7.59. The molecule has 0 saturated heterocycles. The molecule has 1 aromatic heterocycles. The van der Waals surface area contributed by atoms with Gasteiger partial charge >= 0.3 is 0 Å². The van der Waals surface area contributed by atoms with Crippen LogP contribution < -0.4 is 16.2 Å². The molecule has 6 heteroatoms. The molecule has 2 aromatic rings. The number of aromatic nitrogens is 1. The monoisotopic (exact) mass is 334 g/mol. The number of hydrazine groups is 1. The lowest BCUT2D eigenvalue weighted by Gasteiger charge is -2.24. The normalized spacial score (nSPS) is 15.5. The highest BCUT2D eigenvalue weighted by atomic mass is 35.5. The van der Waals surface area contributed by atoms with E-state index in [9.17, 15) is 0 Å². The van der Waals surface area contributed by atoms with Gasteiger partial charge in [0.05, 0.1) is 11.2 Å². The molecule has 3 rings (SSSR count). The Bertz CT molecular complexity index is 670. The second kappa shape index (κ2) is 7.11. The summed E-state index contributed by atoms with van der Waals surface area (Å²) in [6, 6.07) is 8.05. The van der Waals surface area contributed by atoms with E-state index in [1.165, 1.54) is 32.1 Å². The van der Waals surface area contributed by atoms with E-state index >= 15 is 0 Å². The number of nitrogens with zero attached hydrogens (tertiary/aromatic N) is 1. The summed E-state index contributed by atoms with van der Waals surface area (Å²) < 4.78 is 0. The molecular formula is C16H19ClN4S. The summed E-state index contributed by atoms with van der Waals surface area (Å²) in [5.74, 6) is 0. The Hall–Kier alpha value is -1.59. The number of hydrogen-bond donors (Lipinski definition) is 3. The third-order valence-corrected chi connectivity index (χ3v) is 4.41. The van der Waals surface area contributed by atoms with Crippen molar-refractivity contribution in [2.45, 2.75) is 38.1 Å². The second-order valence-electron chi connectivity index (χ2n) is 5.58. The molecule has 0 unspecified atom stereocenters. The number of fused-ring (bicyclic) bond motifs is 1. The third-order valence-electron chi connectivity index (χ3n) is 3.96. The van der Waals surface area contributed by atoms with Crippen molar-refractivity contribution in [2.75, 3.05) is 5.43 Å². The van der Waals surface area contributed by atoms with Crippen molar-refractivity contribution in [1.82, 2.24) is 15.7 Å². The van der Waals surface area contributed by atoms with E-state index in [4.69, 9.17) is 23.8 Å². The van der Waals surface area contributed by atoms with Crippen LogP contribution in [0.1, 0.15) is 32.1 Å². The summed E-state index contributed by atoms with van der Waals surface area (Å²) in [6.07, 6.45) is 8.03. The van der Waals surface area contributed by atoms with Crippen LogP contribution in [0.4, 0.5) is 5.69 Å². The maximum absolute atomic E-state index is 6.00. The lowest BCUT2D eigenvalue weighted by Crippen LogP contribution is -2.44. The number of nitrogens with one attached hydrogen (secondary N) is 3. The van der Waals surface area contributed by atoms with Gasteiger partial charge in [-0.15, -0.1) is 0 Å². The predicted molar refractivity (Wildman–Crippen MR) is 96.1 cm³/mol. The summed E-state index contributed by atoms with van der Waals surface area (Å²) in [5.41, 5.74) is 8.00. The molecular weight excluding hydrogens is 316 g/mol. The fraction of sp³-hybridized carbons (Fsp3) is 0.375. The van der Waals surface area contributed by atoms with Crippen molar-refractivity contribution in [3.63, 3.8) is 0 Å². The maximum atomic E-state index is 6.00. The smallest absolute Gasteiger partial charge is 0.185 e. The number of anilines is 1. The zero-order valence-electron chi connectivity index (χ0n) is 12.2. The van der Waals surface area contributed by atoms with Crippen molar-refractivity contribution in [1.29, 1.82) is 0 Å². The second-order valence-corrected chi connectivity index (χ2v) is 6.42. The molecule has 0 amide bonds. The van der Waals surface area contributed by atoms with E-state index in [2.05, 4.69) is 21.2 Å². The predicted octanol–water partition coefficient (Wildman–Crippen LogP) is 4.01. The summed E-state index contributed by atoms with van der Waals surface area (Å²) in [6.45, 7) is 0. The minimum absolute atomic E-state index is 0.489. The fourth-order valence-corrected chi connectivity index (χ4v) is 3.21. The number of benzene rings is 1. The molecule has 0 aliphatic heterocycles. The molecule has 0 atom stereocenters. The molecule has 0 spiro atoms. The molecule has 4 nitrogen and oxygen atoms in total. The number of thiocarbonyl (C=S) groups is 1. The SMILES string of the molecule is S=C(NNc1ccnc2cc(Cl)ccc12)NC1CCCCC1. The molecule has 116 valence electrons. The Morgan fingerprint density at radius 2 is 2.00 bits per heavy atom. The average Bonchev–Trinajstić information content (AvgIpc) is 2.53. The minimum atomic E-state index is 0.489. The third kappa shape index (κ3) is 3.78.